The Kier molecular flexibility index (Phi) is 3.10. The Hall–Kier alpha value is -2.28. The molecule has 0 saturated heterocycles. The quantitative estimate of drug-likeness (QED) is 0.700. The van der Waals surface area contributed by atoms with Crippen LogP contribution in [-0.2, 0) is 4.79 Å². The molecule has 1 aromatic carbocycles. The van der Waals surface area contributed by atoms with Crippen LogP contribution >= 0.6 is 0 Å². The highest BCUT2D eigenvalue weighted by atomic mass is 16.4. The first-order valence-electron chi connectivity index (χ1n) is 4.98. The molecule has 1 unspecified atom stereocenters. The number of hydrogen-bond acceptors (Lipinski definition) is 5. The zero-order chi connectivity index (χ0) is 12.3. The van der Waals surface area contributed by atoms with E-state index in [1.165, 1.54) is 0 Å². The van der Waals surface area contributed by atoms with Crippen molar-refractivity contribution in [1.29, 1.82) is 0 Å². The number of carboxylic acid groups (broad SMARTS) is 1. The van der Waals surface area contributed by atoms with E-state index in [4.69, 9.17) is 10.8 Å². The molecule has 0 aliphatic rings. The van der Waals surface area contributed by atoms with E-state index in [-0.39, 0.29) is 6.42 Å². The smallest absolute Gasteiger partial charge is 0.305 e. The van der Waals surface area contributed by atoms with Gasteiger partial charge in [-0.2, -0.15) is 5.21 Å². The molecule has 2 rings (SSSR count). The lowest BCUT2D eigenvalue weighted by Crippen LogP contribution is -2.14. The lowest BCUT2D eigenvalue weighted by atomic mass is 10.0. The molecule has 0 fully saturated rings. The van der Waals surface area contributed by atoms with E-state index in [1.807, 2.05) is 6.07 Å². The van der Waals surface area contributed by atoms with Crippen molar-refractivity contribution in [3.63, 3.8) is 0 Å². The van der Waals surface area contributed by atoms with E-state index in [0.29, 0.717) is 5.82 Å². The number of benzene rings is 1. The molecule has 0 radical (unpaired) electrons. The minimum Gasteiger partial charge on any atom is -0.481 e. The van der Waals surface area contributed by atoms with Gasteiger partial charge in [0.05, 0.1) is 6.42 Å². The molecule has 0 aliphatic carbocycles. The monoisotopic (exact) mass is 233 g/mol. The van der Waals surface area contributed by atoms with Crippen molar-refractivity contribution < 1.29 is 9.90 Å². The summed E-state index contributed by atoms with van der Waals surface area (Å²) >= 11 is 0. The Morgan fingerprint density at radius 3 is 3.00 bits per heavy atom. The Morgan fingerprint density at radius 2 is 2.35 bits per heavy atom. The Balaban J connectivity index is 2.25. The third kappa shape index (κ3) is 2.64. The minimum atomic E-state index is -0.928. The molecule has 0 saturated carbocycles. The molecule has 1 aromatic heterocycles. The van der Waals surface area contributed by atoms with Gasteiger partial charge in [-0.15, -0.1) is 10.2 Å². The van der Waals surface area contributed by atoms with Crippen LogP contribution in [0, 0.1) is 0 Å². The van der Waals surface area contributed by atoms with Crippen LogP contribution < -0.4 is 5.73 Å². The van der Waals surface area contributed by atoms with Crippen LogP contribution in [0.2, 0.25) is 0 Å². The predicted molar refractivity (Wildman–Crippen MR) is 58.8 cm³/mol. The average Bonchev–Trinajstić information content (AvgIpc) is 2.82. The van der Waals surface area contributed by atoms with Crippen molar-refractivity contribution in [2.45, 2.75) is 12.5 Å². The van der Waals surface area contributed by atoms with E-state index < -0.39 is 12.0 Å². The molecule has 0 amide bonds. The van der Waals surface area contributed by atoms with Crippen molar-refractivity contribution in [3.05, 3.63) is 29.8 Å². The fourth-order valence-corrected chi connectivity index (χ4v) is 1.50. The number of aromatic nitrogens is 4. The maximum absolute atomic E-state index is 10.6. The van der Waals surface area contributed by atoms with Gasteiger partial charge < -0.3 is 10.8 Å². The van der Waals surface area contributed by atoms with Crippen LogP contribution in [-0.4, -0.2) is 31.7 Å². The number of carbonyl (C=O) groups is 1. The number of carboxylic acids is 1. The number of nitrogens with two attached hydrogens (primary N) is 1. The van der Waals surface area contributed by atoms with Crippen molar-refractivity contribution in [2.75, 3.05) is 0 Å². The van der Waals surface area contributed by atoms with Crippen LogP contribution in [0.3, 0.4) is 0 Å². The molecule has 7 heteroatoms. The summed E-state index contributed by atoms with van der Waals surface area (Å²) < 4.78 is 0. The van der Waals surface area contributed by atoms with Crippen molar-refractivity contribution in [2.24, 2.45) is 5.73 Å². The largest absolute Gasteiger partial charge is 0.481 e. The normalized spacial score (nSPS) is 12.3. The first-order valence-corrected chi connectivity index (χ1v) is 4.98. The van der Waals surface area contributed by atoms with Gasteiger partial charge in [0.25, 0.3) is 0 Å². The first-order chi connectivity index (χ1) is 8.16. The third-order valence-electron chi connectivity index (χ3n) is 2.31. The predicted octanol–water partition coefficient (Wildman–Crippen LogP) is 0.341. The van der Waals surface area contributed by atoms with Gasteiger partial charge in [0, 0.05) is 11.6 Å². The zero-order valence-corrected chi connectivity index (χ0v) is 8.87. The Bertz CT molecular complexity index is 511. The number of hydrogen-bond donors (Lipinski definition) is 3. The molecule has 0 aliphatic heterocycles. The SMILES string of the molecule is NC(CC(=O)O)c1cccc(-c2nn[nH]n2)c1. The van der Waals surface area contributed by atoms with Gasteiger partial charge in [0.15, 0.2) is 0 Å². The molecular weight excluding hydrogens is 222 g/mol. The van der Waals surface area contributed by atoms with Gasteiger partial charge in [-0.1, -0.05) is 18.2 Å². The molecular formula is C10H11N5O2. The van der Waals surface area contributed by atoms with Gasteiger partial charge in [-0.05, 0) is 16.8 Å². The summed E-state index contributed by atoms with van der Waals surface area (Å²) in [5, 5.41) is 22.2. The van der Waals surface area contributed by atoms with Gasteiger partial charge in [0.1, 0.15) is 0 Å². The van der Waals surface area contributed by atoms with Crippen LogP contribution in [0.5, 0.6) is 0 Å². The maximum Gasteiger partial charge on any atom is 0.305 e. The van der Waals surface area contributed by atoms with E-state index in [1.54, 1.807) is 18.2 Å². The minimum absolute atomic E-state index is 0.115. The number of tetrazole rings is 1. The highest BCUT2D eigenvalue weighted by Crippen LogP contribution is 2.20. The van der Waals surface area contributed by atoms with Gasteiger partial charge >= 0.3 is 5.97 Å². The van der Waals surface area contributed by atoms with E-state index in [2.05, 4.69) is 20.6 Å². The van der Waals surface area contributed by atoms with Crippen LogP contribution in [0.15, 0.2) is 24.3 Å². The van der Waals surface area contributed by atoms with E-state index in [0.717, 1.165) is 11.1 Å². The zero-order valence-electron chi connectivity index (χ0n) is 8.87. The van der Waals surface area contributed by atoms with Crippen LogP contribution in [0.4, 0.5) is 0 Å². The van der Waals surface area contributed by atoms with Gasteiger partial charge in [-0.25, -0.2) is 0 Å². The summed E-state index contributed by atoms with van der Waals surface area (Å²) in [6.07, 6.45) is -0.115. The van der Waals surface area contributed by atoms with Gasteiger partial charge in [0.2, 0.25) is 5.82 Å². The lowest BCUT2D eigenvalue weighted by Gasteiger charge is -2.09. The summed E-state index contributed by atoms with van der Waals surface area (Å²) in [6.45, 7) is 0. The molecule has 0 bridgehead atoms. The number of H-pyrrole nitrogens is 1. The second-order valence-electron chi connectivity index (χ2n) is 3.57. The molecule has 1 heterocycles. The fraction of sp³-hybridized carbons (Fsp3) is 0.200. The summed E-state index contributed by atoms with van der Waals surface area (Å²) in [4.78, 5) is 10.6. The standard InChI is InChI=1S/C10H11N5O2/c11-8(5-9(16)17)6-2-1-3-7(4-6)10-12-14-15-13-10/h1-4,8H,5,11H2,(H,16,17)(H,12,13,14,15). The van der Waals surface area contributed by atoms with Gasteiger partial charge in [-0.3, -0.25) is 4.79 Å². The second-order valence-corrected chi connectivity index (χ2v) is 3.57. The molecule has 1 atom stereocenters. The lowest BCUT2D eigenvalue weighted by molar-refractivity contribution is -0.137. The highest BCUT2D eigenvalue weighted by molar-refractivity contribution is 5.68. The second kappa shape index (κ2) is 4.71. The molecule has 4 N–H and O–H groups in total. The number of nitrogens with one attached hydrogen (secondary N) is 1. The molecule has 2 aromatic rings. The highest BCUT2D eigenvalue weighted by Gasteiger charge is 2.12. The Morgan fingerprint density at radius 1 is 1.53 bits per heavy atom. The first kappa shape index (κ1) is 11.2. The number of rotatable bonds is 4. The summed E-state index contributed by atoms with van der Waals surface area (Å²) in [5.41, 5.74) is 7.25. The number of aliphatic carboxylic acids is 1. The van der Waals surface area contributed by atoms with Crippen LogP contribution in [0.1, 0.15) is 18.0 Å². The third-order valence-corrected chi connectivity index (χ3v) is 2.31. The maximum atomic E-state index is 10.6. The molecule has 17 heavy (non-hydrogen) atoms. The fourth-order valence-electron chi connectivity index (χ4n) is 1.50. The molecule has 0 spiro atoms. The summed E-state index contributed by atoms with van der Waals surface area (Å²) in [5.74, 6) is -0.475. The van der Waals surface area contributed by atoms with E-state index in [9.17, 15) is 4.79 Å². The van der Waals surface area contributed by atoms with Crippen molar-refractivity contribution in [1.82, 2.24) is 20.6 Å². The molecule has 88 valence electrons. The van der Waals surface area contributed by atoms with Crippen LogP contribution in [0.25, 0.3) is 11.4 Å². The number of aromatic amines is 1. The topological polar surface area (TPSA) is 118 Å². The van der Waals surface area contributed by atoms with Crippen molar-refractivity contribution in [3.8, 4) is 11.4 Å². The average molecular weight is 233 g/mol. The number of nitrogens with zero attached hydrogens (tertiary/aromatic N) is 3. The summed E-state index contributed by atoms with van der Waals surface area (Å²) in [6, 6.07) is 6.58. The Labute approximate surface area is 96.7 Å². The van der Waals surface area contributed by atoms with E-state index >= 15 is 0 Å². The molecule has 7 nitrogen and oxygen atoms in total. The van der Waals surface area contributed by atoms with Crippen molar-refractivity contribution >= 4 is 5.97 Å². The summed E-state index contributed by atoms with van der Waals surface area (Å²) in [7, 11) is 0.